The maximum atomic E-state index is 12.9. The highest BCUT2D eigenvalue weighted by Crippen LogP contribution is 2.33. The van der Waals surface area contributed by atoms with Crippen molar-refractivity contribution < 1.29 is 4.79 Å². The molecule has 5 heteroatoms. The molecule has 3 rings (SSSR count). The molecule has 1 saturated heterocycles. The summed E-state index contributed by atoms with van der Waals surface area (Å²) in [5, 5.41) is 2.00. The van der Waals surface area contributed by atoms with Crippen LogP contribution >= 0.6 is 11.3 Å². The molecule has 22 heavy (non-hydrogen) atoms. The van der Waals surface area contributed by atoms with Gasteiger partial charge in [-0.3, -0.25) is 4.79 Å². The number of imidazole rings is 1. The summed E-state index contributed by atoms with van der Waals surface area (Å²) in [5.41, 5.74) is 1.83. The van der Waals surface area contributed by atoms with E-state index in [1.807, 2.05) is 30.4 Å². The Morgan fingerprint density at radius 1 is 1.45 bits per heavy atom. The fourth-order valence-electron chi connectivity index (χ4n) is 3.16. The first kappa shape index (κ1) is 15.3. The molecule has 1 atom stereocenters. The quantitative estimate of drug-likeness (QED) is 0.861. The summed E-state index contributed by atoms with van der Waals surface area (Å²) in [5.74, 6) is 1.62. The van der Waals surface area contributed by atoms with Crippen LogP contribution in [0.15, 0.2) is 17.6 Å². The van der Waals surface area contributed by atoms with Crippen molar-refractivity contribution in [1.29, 1.82) is 0 Å². The summed E-state index contributed by atoms with van der Waals surface area (Å²) in [6.45, 7) is 7.14. The van der Waals surface area contributed by atoms with Crippen LogP contribution in [-0.2, 0) is 7.05 Å². The molecule has 0 aliphatic carbocycles. The van der Waals surface area contributed by atoms with Crippen LogP contribution in [0.2, 0.25) is 0 Å². The van der Waals surface area contributed by atoms with Crippen molar-refractivity contribution in [3.63, 3.8) is 0 Å². The lowest BCUT2D eigenvalue weighted by Crippen LogP contribution is -2.31. The molecular weight excluding hydrogens is 294 g/mol. The van der Waals surface area contributed by atoms with Crippen molar-refractivity contribution in [2.75, 3.05) is 6.54 Å². The van der Waals surface area contributed by atoms with Crippen LogP contribution in [0, 0.1) is 6.92 Å². The van der Waals surface area contributed by atoms with Crippen molar-refractivity contribution in [2.45, 2.75) is 45.6 Å². The summed E-state index contributed by atoms with van der Waals surface area (Å²) in [4.78, 5) is 20.8. The minimum Gasteiger partial charge on any atom is -0.336 e. The molecule has 1 amide bonds. The van der Waals surface area contributed by atoms with E-state index < -0.39 is 0 Å². The van der Waals surface area contributed by atoms with Crippen LogP contribution in [0.3, 0.4) is 0 Å². The SMILES string of the molecule is Cc1cn(C)c(C2CCCN2C(=O)c2csc(C(C)C)c2)n1. The normalized spacial score (nSPS) is 18.4. The highest BCUT2D eigenvalue weighted by Gasteiger charge is 2.33. The minimum absolute atomic E-state index is 0.105. The van der Waals surface area contributed by atoms with Gasteiger partial charge in [0.2, 0.25) is 0 Å². The van der Waals surface area contributed by atoms with Gasteiger partial charge in [-0.05, 0) is 31.7 Å². The number of likely N-dealkylation sites (tertiary alicyclic amines) is 1. The molecule has 1 aliphatic heterocycles. The molecule has 1 fully saturated rings. The van der Waals surface area contributed by atoms with Gasteiger partial charge in [0.1, 0.15) is 5.82 Å². The van der Waals surface area contributed by atoms with Crippen LogP contribution in [0.5, 0.6) is 0 Å². The molecule has 0 radical (unpaired) electrons. The van der Waals surface area contributed by atoms with Crippen molar-refractivity contribution in [3.8, 4) is 0 Å². The average molecular weight is 317 g/mol. The first-order valence-corrected chi connectivity index (χ1v) is 8.74. The largest absolute Gasteiger partial charge is 0.336 e. The first-order valence-electron chi connectivity index (χ1n) is 7.86. The van der Waals surface area contributed by atoms with Gasteiger partial charge in [-0.2, -0.15) is 0 Å². The van der Waals surface area contributed by atoms with Crippen molar-refractivity contribution in [1.82, 2.24) is 14.5 Å². The molecule has 0 spiro atoms. The number of amides is 1. The van der Waals surface area contributed by atoms with Crippen LogP contribution < -0.4 is 0 Å². The molecule has 1 aliphatic rings. The van der Waals surface area contributed by atoms with Gasteiger partial charge in [0, 0.05) is 30.0 Å². The van der Waals surface area contributed by atoms with Crippen LogP contribution in [0.4, 0.5) is 0 Å². The number of rotatable bonds is 3. The van der Waals surface area contributed by atoms with E-state index in [9.17, 15) is 4.79 Å². The van der Waals surface area contributed by atoms with E-state index in [4.69, 9.17) is 0 Å². The molecular formula is C17H23N3OS. The highest BCUT2D eigenvalue weighted by molar-refractivity contribution is 7.10. The van der Waals surface area contributed by atoms with Gasteiger partial charge in [-0.15, -0.1) is 11.3 Å². The number of hydrogen-bond donors (Lipinski definition) is 0. The lowest BCUT2D eigenvalue weighted by atomic mass is 10.1. The lowest BCUT2D eigenvalue weighted by molar-refractivity contribution is 0.0728. The second-order valence-corrected chi connectivity index (χ2v) is 7.34. The maximum Gasteiger partial charge on any atom is 0.255 e. The fourth-order valence-corrected chi connectivity index (χ4v) is 4.06. The fraction of sp³-hybridized carbons (Fsp3) is 0.529. The van der Waals surface area contributed by atoms with E-state index in [0.717, 1.165) is 36.5 Å². The first-order chi connectivity index (χ1) is 10.5. The molecule has 0 N–H and O–H groups in total. The van der Waals surface area contributed by atoms with Crippen LogP contribution in [0.25, 0.3) is 0 Å². The van der Waals surface area contributed by atoms with Gasteiger partial charge in [0.05, 0.1) is 17.3 Å². The number of carbonyl (C=O) groups excluding carboxylic acids is 1. The Bertz CT molecular complexity index is 686. The molecule has 3 heterocycles. The molecule has 0 aromatic carbocycles. The number of nitrogens with zero attached hydrogens (tertiary/aromatic N) is 3. The van der Waals surface area contributed by atoms with Crippen molar-refractivity contribution in [2.24, 2.45) is 7.05 Å². The van der Waals surface area contributed by atoms with E-state index in [-0.39, 0.29) is 11.9 Å². The minimum atomic E-state index is 0.105. The Morgan fingerprint density at radius 3 is 2.82 bits per heavy atom. The third-order valence-corrected chi connectivity index (χ3v) is 5.51. The van der Waals surface area contributed by atoms with Crippen molar-refractivity contribution in [3.05, 3.63) is 39.6 Å². The Kier molecular flexibility index (Phi) is 4.08. The summed E-state index contributed by atoms with van der Waals surface area (Å²) in [7, 11) is 2.01. The molecule has 0 saturated carbocycles. The molecule has 4 nitrogen and oxygen atoms in total. The average Bonchev–Trinajstić information content (AvgIpc) is 3.16. The van der Waals surface area contributed by atoms with Crippen LogP contribution in [-0.4, -0.2) is 26.9 Å². The van der Waals surface area contributed by atoms with Gasteiger partial charge < -0.3 is 9.47 Å². The van der Waals surface area contributed by atoms with E-state index in [2.05, 4.69) is 29.5 Å². The maximum absolute atomic E-state index is 12.9. The predicted octanol–water partition coefficient (Wildman–Crippen LogP) is 3.89. The molecule has 2 aromatic rings. The second kappa shape index (κ2) is 5.88. The zero-order valence-electron chi connectivity index (χ0n) is 13.7. The van der Waals surface area contributed by atoms with Crippen molar-refractivity contribution >= 4 is 17.2 Å². The highest BCUT2D eigenvalue weighted by atomic mass is 32.1. The molecule has 2 aromatic heterocycles. The Balaban J connectivity index is 1.86. The second-order valence-electron chi connectivity index (χ2n) is 6.40. The molecule has 118 valence electrons. The zero-order valence-corrected chi connectivity index (χ0v) is 14.5. The standard InChI is InChI=1S/C17H23N3OS/c1-11(2)15-8-13(10-22-15)17(21)20-7-5-6-14(20)16-18-12(3)9-19(16)4/h8-11,14H,5-7H2,1-4H3. The number of aromatic nitrogens is 2. The number of hydrogen-bond acceptors (Lipinski definition) is 3. The van der Waals surface area contributed by atoms with Crippen LogP contribution in [0.1, 0.15) is 65.4 Å². The Labute approximate surface area is 135 Å². The van der Waals surface area contributed by atoms with Gasteiger partial charge in [-0.1, -0.05) is 13.8 Å². The van der Waals surface area contributed by atoms with E-state index in [1.165, 1.54) is 4.88 Å². The summed E-state index contributed by atoms with van der Waals surface area (Å²) >= 11 is 1.68. The van der Waals surface area contributed by atoms with Gasteiger partial charge in [-0.25, -0.2) is 4.98 Å². The topological polar surface area (TPSA) is 38.1 Å². The van der Waals surface area contributed by atoms with Gasteiger partial charge in [0.25, 0.3) is 5.91 Å². The van der Waals surface area contributed by atoms with Gasteiger partial charge in [0.15, 0.2) is 0 Å². The number of aryl methyl sites for hydroxylation is 2. The third kappa shape index (κ3) is 2.70. The molecule has 0 bridgehead atoms. The smallest absolute Gasteiger partial charge is 0.255 e. The summed E-state index contributed by atoms with van der Waals surface area (Å²) in [6, 6.07) is 2.16. The number of thiophene rings is 1. The summed E-state index contributed by atoms with van der Waals surface area (Å²) < 4.78 is 2.05. The zero-order chi connectivity index (χ0) is 15.9. The predicted molar refractivity (Wildman–Crippen MR) is 89.4 cm³/mol. The van der Waals surface area contributed by atoms with E-state index in [0.29, 0.717) is 5.92 Å². The van der Waals surface area contributed by atoms with Gasteiger partial charge >= 0.3 is 0 Å². The lowest BCUT2D eigenvalue weighted by Gasteiger charge is -2.24. The number of carbonyl (C=O) groups is 1. The Morgan fingerprint density at radius 2 is 2.23 bits per heavy atom. The van der Waals surface area contributed by atoms with E-state index in [1.54, 1.807) is 11.3 Å². The monoisotopic (exact) mass is 317 g/mol. The summed E-state index contributed by atoms with van der Waals surface area (Å²) in [6.07, 6.45) is 4.07. The Hall–Kier alpha value is -1.62. The molecule has 1 unspecified atom stereocenters. The van der Waals surface area contributed by atoms with E-state index >= 15 is 0 Å². The third-order valence-electron chi connectivity index (χ3n) is 4.28.